The smallest absolute Gasteiger partial charge is 0.344 e. The maximum absolute atomic E-state index is 13.1. The molecular weight excluding hydrogens is 376 g/mol. The van der Waals surface area contributed by atoms with Crippen LogP contribution in [0.1, 0.15) is 24.0 Å². The fourth-order valence-corrected chi connectivity index (χ4v) is 3.32. The fraction of sp³-hybridized carbons (Fsp3) is 0.136. The number of rotatable bonds is 4. The summed E-state index contributed by atoms with van der Waals surface area (Å²) in [5, 5.41) is 11.3. The van der Waals surface area contributed by atoms with Crippen LogP contribution in [0, 0.1) is 0 Å². The molecule has 2 aromatic carbocycles. The monoisotopic (exact) mass is 392 g/mol. The average Bonchev–Trinajstić information content (AvgIpc) is 2.72. The van der Waals surface area contributed by atoms with E-state index in [9.17, 15) is 19.5 Å². The Balaban J connectivity index is 2.04. The third-order valence-electron chi connectivity index (χ3n) is 4.65. The van der Waals surface area contributed by atoms with Gasteiger partial charge in [0.2, 0.25) is 0 Å². The number of carbonyl (C=O) groups excluding carboxylic acids is 1. The van der Waals surface area contributed by atoms with Crippen molar-refractivity contribution in [3.63, 3.8) is 0 Å². The molecule has 1 N–H and O–H groups in total. The zero-order valence-electron chi connectivity index (χ0n) is 15.4. The van der Waals surface area contributed by atoms with Gasteiger partial charge in [0.15, 0.2) is 5.43 Å². The quantitative estimate of drug-likeness (QED) is 0.419. The first kappa shape index (κ1) is 18.5. The molecule has 1 atom stereocenters. The molecule has 7 heteroatoms. The Kier molecular flexibility index (Phi) is 4.64. The van der Waals surface area contributed by atoms with Crippen LogP contribution in [0.2, 0.25) is 0 Å². The molecule has 2 aromatic heterocycles. The molecule has 4 rings (SSSR count). The highest BCUT2D eigenvalue weighted by Crippen LogP contribution is 2.34. The molecule has 0 saturated heterocycles. The lowest BCUT2D eigenvalue weighted by atomic mass is 9.91. The zero-order valence-corrected chi connectivity index (χ0v) is 15.4. The Morgan fingerprint density at radius 1 is 1.03 bits per heavy atom. The predicted octanol–water partition coefficient (Wildman–Crippen LogP) is 3.30. The van der Waals surface area contributed by atoms with Gasteiger partial charge in [-0.15, -0.1) is 0 Å². The van der Waals surface area contributed by atoms with E-state index in [1.54, 1.807) is 49.4 Å². The summed E-state index contributed by atoms with van der Waals surface area (Å²) in [7, 11) is 0. The first-order valence-corrected chi connectivity index (χ1v) is 8.94. The Hall–Kier alpha value is -3.87. The second-order valence-corrected chi connectivity index (χ2v) is 6.35. The normalized spacial score (nSPS) is 12.2. The molecule has 29 heavy (non-hydrogen) atoms. The summed E-state index contributed by atoms with van der Waals surface area (Å²) in [6.45, 7) is 1.62. The van der Waals surface area contributed by atoms with Gasteiger partial charge in [-0.1, -0.05) is 24.3 Å². The number of ether oxygens (including phenoxy) is 1. The van der Waals surface area contributed by atoms with Crippen LogP contribution in [0.25, 0.3) is 21.9 Å². The van der Waals surface area contributed by atoms with Crippen LogP contribution in [-0.4, -0.2) is 17.7 Å². The van der Waals surface area contributed by atoms with Gasteiger partial charge in [-0.25, -0.2) is 4.79 Å². The largest absolute Gasteiger partial charge is 0.507 e. The van der Waals surface area contributed by atoms with Crippen molar-refractivity contribution in [2.24, 2.45) is 0 Å². The van der Waals surface area contributed by atoms with Gasteiger partial charge in [-0.3, -0.25) is 9.59 Å². The molecular formula is C22H16O7. The summed E-state index contributed by atoms with van der Waals surface area (Å²) in [4.78, 5) is 38.5. The minimum Gasteiger partial charge on any atom is -0.507 e. The molecule has 1 unspecified atom stereocenters. The molecule has 0 radical (unpaired) electrons. The molecule has 0 bridgehead atoms. The summed E-state index contributed by atoms with van der Waals surface area (Å²) < 4.78 is 15.9. The van der Waals surface area contributed by atoms with Crippen molar-refractivity contribution in [3.8, 4) is 5.75 Å². The van der Waals surface area contributed by atoms with Crippen molar-refractivity contribution in [2.75, 3.05) is 6.61 Å². The SMILES string of the molecule is CCOC(=O)C(c1c(O)c2ccccc2oc1=O)c1coc2ccccc2c1=O. The Morgan fingerprint density at radius 2 is 1.69 bits per heavy atom. The van der Waals surface area contributed by atoms with Gasteiger partial charge in [0.1, 0.15) is 22.8 Å². The fourth-order valence-electron chi connectivity index (χ4n) is 3.32. The van der Waals surface area contributed by atoms with Crippen LogP contribution in [-0.2, 0) is 9.53 Å². The third-order valence-corrected chi connectivity index (χ3v) is 4.65. The number of carbonyl (C=O) groups is 1. The van der Waals surface area contributed by atoms with E-state index in [4.69, 9.17) is 13.6 Å². The highest BCUT2D eigenvalue weighted by Gasteiger charge is 2.34. The minimum atomic E-state index is -1.50. The predicted molar refractivity (Wildman–Crippen MR) is 105 cm³/mol. The van der Waals surface area contributed by atoms with Crippen LogP contribution < -0.4 is 11.1 Å². The maximum atomic E-state index is 13.1. The van der Waals surface area contributed by atoms with E-state index in [-0.39, 0.29) is 34.1 Å². The summed E-state index contributed by atoms with van der Waals surface area (Å²) in [5.41, 5.74) is -1.45. The number of para-hydroxylation sites is 2. The summed E-state index contributed by atoms with van der Waals surface area (Å²) in [6.07, 6.45) is 1.11. The van der Waals surface area contributed by atoms with Gasteiger partial charge in [-0.05, 0) is 31.2 Å². The molecule has 146 valence electrons. The lowest BCUT2D eigenvalue weighted by Gasteiger charge is -2.16. The summed E-state index contributed by atoms with van der Waals surface area (Å²) in [5.74, 6) is -2.81. The molecule has 7 nitrogen and oxygen atoms in total. The molecule has 0 aliphatic rings. The van der Waals surface area contributed by atoms with Gasteiger partial charge < -0.3 is 18.7 Å². The third kappa shape index (κ3) is 3.06. The molecule has 2 heterocycles. The van der Waals surface area contributed by atoms with E-state index in [2.05, 4.69) is 0 Å². The van der Waals surface area contributed by atoms with Crippen molar-refractivity contribution in [1.82, 2.24) is 0 Å². The Morgan fingerprint density at radius 3 is 2.41 bits per heavy atom. The second-order valence-electron chi connectivity index (χ2n) is 6.35. The van der Waals surface area contributed by atoms with Gasteiger partial charge in [0.05, 0.1) is 34.8 Å². The van der Waals surface area contributed by atoms with Gasteiger partial charge in [-0.2, -0.15) is 0 Å². The topological polar surface area (TPSA) is 107 Å². The average molecular weight is 392 g/mol. The van der Waals surface area contributed by atoms with Gasteiger partial charge in [0.25, 0.3) is 0 Å². The first-order chi connectivity index (χ1) is 14.0. The molecule has 4 aromatic rings. The van der Waals surface area contributed by atoms with E-state index in [1.807, 2.05) is 0 Å². The zero-order chi connectivity index (χ0) is 20.5. The standard InChI is InChI=1S/C22H16O7/c1-2-27-21(25)17(14-11-28-15-9-5-3-7-12(15)19(14)23)18-20(24)13-8-4-6-10-16(13)29-22(18)26/h3-11,17,24H,2H2,1H3. The van der Waals surface area contributed by atoms with E-state index in [0.717, 1.165) is 6.26 Å². The van der Waals surface area contributed by atoms with Crippen LogP contribution in [0.15, 0.2) is 73.2 Å². The van der Waals surface area contributed by atoms with Crippen molar-refractivity contribution in [3.05, 3.63) is 86.6 Å². The van der Waals surface area contributed by atoms with Crippen LogP contribution in [0.4, 0.5) is 0 Å². The molecule has 0 fully saturated rings. The Labute approximate surface area is 163 Å². The highest BCUT2D eigenvalue weighted by atomic mass is 16.5. The van der Waals surface area contributed by atoms with Crippen molar-refractivity contribution >= 4 is 27.9 Å². The number of fused-ring (bicyclic) bond motifs is 2. The lowest BCUT2D eigenvalue weighted by Crippen LogP contribution is -2.27. The number of hydrogen-bond donors (Lipinski definition) is 1. The van der Waals surface area contributed by atoms with Crippen molar-refractivity contribution < 1.29 is 23.5 Å². The molecule has 0 saturated carbocycles. The lowest BCUT2D eigenvalue weighted by molar-refractivity contribution is -0.144. The maximum Gasteiger partial charge on any atom is 0.344 e. The molecule has 0 aliphatic heterocycles. The minimum absolute atomic E-state index is 0.0218. The molecule has 0 aliphatic carbocycles. The molecule has 0 spiro atoms. The van der Waals surface area contributed by atoms with Crippen molar-refractivity contribution in [1.29, 1.82) is 0 Å². The number of aromatic hydroxyl groups is 1. The summed E-state index contributed by atoms with van der Waals surface area (Å²) in [6, 6.07) is 12.9. The summed E-state index contributed by atoms with van der Waals surface area (Å²) >= 11 is 0. The first-order valence-electron chi connectivity index (χ1n) is 8.94. The van der Waals surface area contributed by atoms with Crippen molar-refractivity contribution in [2.45, 2.75) is 12.8 Å². The van der Waals surface area contributed by atoms with E-state index in [0.29, 0.717) is 5.58 Å². The Bertz CT molecular complexity index is 1350. The van der Waals surface area contributed by atoms with Crippen LogP contribution >= 0.6 is 0 Å². The van der Waals surface area contributed by atoms with E-state index in [1.165, 1.54) is 6.07 Å². The second kappa shape index (κ2) is 7.27. The van der Waals surface area contributed by atoms with Crippen LogP contribution in [0.5, 0.6) is 5.75 Å². The van der Waals surface area contributed by atoms with E-state index < -0.39 is 28.7 Å². The number of benzene rings is 2. The van der Waals surface area contributed by atoms with Crippen LogP contribution in [0.3, 0.4) is 0 Å². The van der Waals surface area contributed by atoms with Gasteiger partial charge in [0, 0.05) is 0 Å². The molecule has 0 amide bonds. The number of hydrogen-bond acceptors (Lipinski definition) is 7. The van der Waals surface area contributed by atoms with E-state index >= 15 is 0 Å². The highest BCUT2D eigenvalue weighted by molar-refractivity contribution is 5.90. The van der Waals surface area contributed by atoms with Gasteiger partial charge >= 0.3 is 11.6 Å². The number of esters is 1.